The summed E-state index contributed by atoms with van der Waals surface area (Å²) in [5, 5.41) is 15.0. The number of nitrogens with one attached hydrogen (secondary N) is 2. The fourth-order valence-electron chi connectivity index (χ4n) is 2.86. The molecule has 142 valence electrons. The number of carboxylic acid groups (broad SMARTS) is 1. The minimum atomic E-state index is -1.02. The number of piperidine rings is 1. The number of likely N-dealkylation sites (tertiary alicyclic amines) is 1. The summed E-state index contributed by atoms with van der Waals surface area (Å²) >= 11 is 6.16. The second kappa shape index (κ2) is 7.95. The lowest BCUT2D eigenvalue weighted by molar-refractivity contribution is -0.143. The molecule has 8 heteroatoms. The number of benzene rings is 1. The fourth-order valence-corrected chi connectivity index (χ4v) is 3.05. The van der Waals surface area contributed by atoms with Crippen LogP contribution >= 0.6 is 11.6 Å². The zero-order valence-electron chi connectivity index (χ0n) is 15.1. The number of carbonyl (C=O) groups is 3. The van der Waals surface area contributed by atoms with E-state index in [9.17, 15) is 19.5 Å². The van der Waals surface area contributed by atoms with Crippen molar-refractivity contribution in [2.45, 2.75) is 51.6 Å². The molecular weight excluding hydrogens is 358 g/mol. The number of amides is 3. The second-order valence-corrected chi connectivity index (χ2v) is 7.78. The quantitative estimate of drug-likeness (QED) is 0.747. The Morgan fingerprint density at radius 2 is 1.92 bits per heavy atom. The van der Waals surface area contributed by atoms with Crippen LogP contribution in [0.15, 0.2) is 18.2 Å². The Labute approximate surface area is 157 Å². The van der Waals surface area contributed by atoms with Gasteiger partial charge in [0.1, 0.15) is 6.04 Å². The molecule has 26 heavy (non-hydrogen) atoms. The van der Waals surface area contributed by atoms with Gasteiger partial charge in [-0.3, -0.25) is 4.79 Å². The number of urea groups is 1. The van der Waals surface area contributed by atoms with Crippen LogP contribution in [0.1, 0.15) is 50.4 Å². The van der Waals surface area contributed by atoms with Crippen molar-refractivity contribution < 1.29 is 19.5 Å². The van der Waals surface area contributed by atoms with Gasteiger partial charge in [-0.25, -0.2) is 9.59 Å². The number of halogens is 1. The van der Waals surface area contributed by atoms with E-state index in [1.807, 2.05) is 20.8 Å². The van der Waals surface area contributed by atoms with E-state index < -0.39 is 29.5 Å². The summed E-state index contributed by atoms with van der Waals surface area (Å²) in [5.74, 6) is -1.46. The molecule has 1 unspecified atom stereocenters. The molecule has 3 N–H and O–H groups in total. The Morgan fingerprint density at radius 3 is 2.54 bits per heavy atom. The number of nitrogens with zero attached hydrogens (tertiary/aromatic N) is 1. The molecule has 0 bridgehead atoms. The molecule has 3 amide bonds. The third-order valence-electron chi connectivity index (χ3n) is 3.99. The predicted octanol–water partition coefficient (Wildman–Crippen LogP) is 3.34. The third kappa shape index (κ3) is 5.11. The molecule has 1 aromatic carbocycles. The molecule has 1 aliphatic heterocycles. The van der Waals surface area contributed by atoms with E-state index in [-0.39, 0.29) is 10.6 Å². The van der Waals surface area contributed by atoms with Crippen molar-refractivity contribution in [3.63, 3.8) is 0 Å². The van der Waals surface area contributed by atoms with E-state index in [2.05, 4.69) is 10.6 Å². The van der Waals surface area contributed by atoms with Gasteiger partial charge in [0.15, 0.2) is 0 Å². The van der Waals surface area contributed by atoms with Crippen molar-refractivity contribution in [2.75, 3.05) is 11.9 Å². The molecule has 0 radical (unpaired) electrons. The number of hydrogen-bond donors (Lipinski definition) is 3. The predicted molar refractivity (Wildman–Crippen MR) is 99.7 cm³/mol. The van der Waals surface area contributed by atoms with Crippen LogP contribution in [0, 0.1) is 0 Å². The van der Waals surface area contributed by atoms with Gasteiger partial charge in [-0.1, -0.05) is 11.6 Å². The normalized spacial score (nSPS) is 17.5. The van der Waals surface area contributed by atoms with Crippen LogP contribution in [0.5, 0.6) is 0 Å². The van der Waals surface area contributed by atoms with Crippen LogP contribution < -0.4 is 10.6 Å². The monoisotopic (exact) mass is 381 g/mol. The van der Waals surface area contributed by atoms with Gasteiger partial charge in [0.25, 0.3) is 5.91 Å². The van der Waals surface area contributed by atoms with E-state index in [1.54, 1.807) is 6.07 Å². The maximum atomic E-state index is 12.9. The third-order valence-corrected chi connectivity index (χ3v) is 4.32. The highest BCUT2D eigenvalue weighted by atomic mass is 35.5. The molecule has 1 heterocycles. The summed E-state index contributed by atoms with van der Waals surface area (Å²) in [5.41, 5.74) is 0.175. The van der Waals surface area contributed by atoms with E-state index in [0.29, 0.717) is 18.7 Å². The minimum Gasteiger partial charge on any atom is -0.480 e. The second-order valence-electron chi connectivity index (χ2n) is 7.37. The Kier molecular flexibility index (Phi) is 6.13. The molecule has 0 aliphatic carbocycles. The van der Waals surface area contributed by atoms with Crippen LogP contribution in [0.25, 0.3) is 0 Å². The van der Waals surface area contributed by atoms with Crippen molar-refractivity contribution in [3.8, 4) is 0 Å². The molecule has 0 aromatic heterocycles. The number of aliphatic carboxylic acids is 1. The summed E-state index contributed by atoms with van der Waals surface area (Å²) in [6, 6.07) is 3.32. The number of carboxylic acids is 1. The molecule has 1 saturated heterocycles. The molecule has 2 rings (SSSR count). The van der Waals surface area contributed by atoms with Crippen molar-refractivity contribution >= 4 is 35.2 Å². The Morgan fingerprint density at radius 1 is 1.23 bits per heavy atom. The Hall–Kier alpha value is -2.28. The van der Waals surface area contributed by atoms with Crippen LogP contribution in [0.4, 0.5) is 10.5 Å². The van der Waals surface area contributed by atoms with Gasteiger partial charge in [-0.15, -0.1) is 0 Å². The molecule has 1 aliphatic rings. The molecular formula is C18H24ClN3O4. The van der Waals surface area contributed by atoms with Crippen LogP contribution in [0.2, 0.25) is 5.02 Å². The summed E-state index contributed by atoms with van der Waals surface area (Å²) in [6.45, 7) is 5.93. The number of rotatable bonds is 3. The lowest BCUT2D eigenvalue weighted by atomic mass is 10.0. The Balaban J connectivity index is 2.22. The highest BCUT2D eigenvalue weighted by molar-refractivity contribution is 6.34. The lowest BCUT2D eigenvalue weighted by Gasteiger charge is -2.33. The summed E-state index contributed by atoms with van der Waals surface area (Å²) < 4.78 is 0. The van der Waals surface area contributed by atoms with Crippen molar-refractivity contribution in [3.05, 3.63) is 28.8 Å². The first-order chi connectivity index (χ1) is 12.1. The Bertz CT molecular complexity index is 715. The first-order valence-electron chi connectivity index (χ1n) is 8.51. The summed E-state index contributed by atoms with van der Waals surface area (Å²) in [7, 11) is 0. The molecule has 7 nitrogen and oxygen atoms in total. The largest absolute Gasteiger partial charge is 0.480 e. The van der Waals surface area contributed by atoms with E-state index in [4.69, 9.17) is 11.6 Å². The average Bonchev–Trinajstić information content (AvgIpc) is 2.54. The fraction of sp³-hybridized carbons (Fsp3) is 0.500. The SMILES string of the molecule is CC(C)(C)NC(=O)Nc1ccc(Cl)c(C(=O)N2CCCCC2C(=O)O)c1. The highest BCUT2D eigenvalue weighted by Gasteiger charge is 2.33. The molecule has 1 fully saturated rings. The molecule has 0 saturated carbocycles. The topological polar surface area (TPSA) is 98.7 Å². The van der Waals surface area contributed by atoms with Gasteiger partial charge in [0, 0.05) is 17.8 Å². The van der Waals surface area contributed by atoms with Gasteiger partial charge in [-0.2, -0.15) is 0 Å². The highest BCUT2D eigenvalue weighted by Crippen LogP contribution is 2.26. The standard InChI is InChI=1S/C18H24ClN3O4/c1-18(2,3)21-17(26)20-11-7-8-13(19)12(10-11)15(23)22-9-5-4-6-14(22)16(24)25/h7-8,10,14H,4-6,9H2,1-3H3,(H,24,25)(H2,20,21,26). The van der Waals surface area contributed by atoms with Gasteiger partial charge >= 0.3 is 12.0 Å². The smallest absolute Gasteiger partial charge is 0.326 e. The van der Waals surface area contributed by atoms with Crippen LogP contribution in [-0.2, 0) is 4.79 Å². The molecule has 1 aromatic rings. The van der Waals surface area contributed by atoms with Crippen molar-refractivity contribution in [1.29, 1.82) is 0 Å². The van der Waals surface area contributed by atoms with Gasteiger partial charge in [-0.05, 0) is 58.2 Å². The minimum absolute atomic E-state index is 0.174. The molecule has 1 atom stereocenters. The van der Waals surface area contributed by atoms with Crippen molar-refractivity contribution in [1.82, 2.24) is 10.2 Å². The number of anilines is 1. The van der Waals surface area contributed by atoms with Crippen molar-refractivity contribution in [2.24, 2.45) is 0 Å². The number of carbonyl (C=O) groups excluding carboxylic acids is 2. The summed E-state index contributed by atoms with van der Waals surface area (Å²) in [6.07, 6.45) is 1.94. The number of hydrogen-bond acceptors (Lipinski definition) is 3. The average molecular weight is 382 g/mol. The molecule has 0 spiro atoms. The lowest BCUT2D eigenvalue weighted by Crippen LogP contribution is -2.48. The zero-order chi connectivity index (χ0) is 19.5. The van der Waals surface area contributed by atoms with E-state index in [0.717, 1.165) is 12.8 Å². The summed E-state index contributed by atoms with van der Waals surface area (Å²) in [4.78, 5) is 37.6. The van der Waals surface area contributed by atoms with E-state index >= 15 is 0 Å². The van der Waals surface area contributed by atoms with Crippen LogP contribution in [0.3, 0.4) is 0 Å². The maximum Gasteiger partial charge on any atom is 0.326 e. The van der Waals surface area contributed by atoms with Gasteiger partial charge in [0.05, 0.1) is 10.6 Å². The first kappa shape index (κ1) is 20.0. The van der Waals surface area contributed by atoms with Gasteiger partial charge < -0.3 is 20.6 Å². The maximum absolute atomic E-state index is 12.9. The van der Waals surface area contributed by atoms with E-state index in [1.165, 1.54) is 17.0 Å². The zero-order valence-corrected chi connectivity index (χ0v) is 15.9. The van der Waals surface area contributed by atoms with Crippen LogP contribution in [-0.4, -0.2) is 46.0 Å². The first-order valence-corrected chi connectivity index (χ1v) is 8.89. The van der Waals surface area contributed by atoms with Gasteiger partial charge in [0.2, 0.25) is 0 Å².